The van der Waals surface area contributed by atoms with Crippen molar-refractivity contribution < 1.29 is 34.0 Å². The maximum absolute atomic E-state index is 17.4. The number of rotatable bonds is 6. The molecule has 0 aliphatic heterocycles. The zero-order valence-electron chi connectivity index (χ0n) is 21.6. The molecule has 3 saturated carbocycles. The molecule has 0 amide bonds. The van der Waals surface area contributed by atoms with Gasteiger partial charge in [0.05, 0.1) is 18.8 Å². The molecule has 0 spiro atoms. The highest BCUT2D eigenvalue weighted by Gasteiger charge is 2.76. The van der Waals surface area contributed by atoms with Gasteiger partial charge in [0.15, 0.2) is 17.2 Å². The number of allylic oxidation sites excluding steroid dienone is 1. The van der Waals surface area contributed by atoms with E-state index in [4.69, 9.17) is 4.74 Å². The molecule has 0 aromatic heterocycles. The molecular formula is C30H37FO6. The quantitative estimate of drug-likeness (QED) is 0.538. The number of hydrogen-bond acceptors (Lipinski definition) is 6. The van der Waals surface area contributed by atoms with Crippen molar-refractivity contribution in [3.63, 3.8) is 0 Å². The van der Waals surface area contributed by atoms with E-state index in [1.165, 1.54) is 0 Å². The molecule has 200 valence electrons. The van der Waals surface area contributed by atoms with Crippen LogP contribution in [0.1, 0.15) is 57.9 Å². The number of ether oxygens (including phenoxy) is 1. The molecule has 0 radical (unpaired) electrons. The Bertz CT molecular complexity index is 1150. The summed E-state index contributed by atoms with van der Waals surface area (Å²) >= 11 is 0. The standard InChI is InChI=1S/C30H37FO6/c1-18(19-7-5-4-6-8-19)17-37-26-14-23-22-10-9-20-13-21(33)11-12-27(20,2)29(22,31)24(34)15-28(23,3)30(26,36)25(35)16-32/h4-8,13,22-24,26,32,34,36H,1,9-12,14-17H2,2-3H3/t22-,23-,24-,26+,27-,28-,29?,30+/m0/s1. The van der Waals surface area contributed by atoms with Gasteiger partial charge >= 0.3 is 0 Å². The average Bonchev–Trinajstić information content (AvgIpc) is 3.11. The summed E-state index contributed by atoms with van der Waals surface area (Å²) in [4.78, 5) is 25.3. The lowest BCUT2D eigenvalue weighted by atomic mass is 9.44. The third-order valence-electron chi connectivity index (χ3n) is 10.4. The van der Waals surface area contributed by atoms with Crippen molar-refractivity contribution in [1.29, 1.82) is 0 Å². The third-order valence-corrected chi connectivity index (χ3v) is 10.4. The van der Waals surface area contributed by atoms with Crippen LogP contribution in [0.3, 0.4) is 0 Å². The molecular weight excluding hydrogens is 475 g/mol. The Hall–Kier alpha value is -2.19. The summed E-state index contributed by atoms with van der Waals surface area (Å²) in [6, 6.07) is 9.43. The van der Waals surface area contributed by atoms with Gasteiger partial charge in [0.1, 0.15) is 12.3 Å². The number of Topliss-reactive ketones (excluding diaryl/α,β-unsaturated/α-hetero) is 1. The molecule has 7 heteroatoms. The first kappa shape index (κ1) is 26.4. The van der Waals surface area contributed by atoms with E-state index in [0.29, 0.717) is 24.8 Å². The van der Waals surface area contributed by atoms with E-state index >= 15 is 4.39 Å². The van der Waals surface area contributed by atoms with Crippen molar-refractivity contribution in [3.8, 4) is 0 Å². The number of benzene rings is 1. The molecule has 4 aliphatic carbocycles. The van der Waals surface area contributed by atoms with Gasteiger partial charge in [-0.25, -0.2) is 4.39 Å². The van der Waals surface area contributed by atoms with Crippen molar-refractivity contribution in [3.05, 3.63) is 54.1 Å². The lowest BCUT2D eigenvalue weighted by Crippen LogP contribution is -2.70. The molecule has 5 rings (SSSR count). The van der Waals surface area contributed by atoms with E-state index in [0.717, 1.165) is 11.1 Å². The lowest BCUT2D eigenvalue weighted by Gasteiger charge is -2.63. The normalized spacial score (nSPS) is 42.9. The Labute approximate surface area is 217 Å². The molecule has 4 aliphatic rings. The van der Waals surface area contributed by atoms with Gasteiger partial charge < -0.3 is 20.1 Å². The molecule has 3 N–H and O–H groups in total. The maximum Gasteiger partial charge on any atom is 0.192 e. The highest BCUT2D eigenvalue weighted by molar-refractivity contribution is 5.92. The van der Waals surface area contributed by atoms with E-state index in [2.05, 4.69) is 6.58 Å². The summed E-state index contributed by atoms with van der Waals surface area (Å²) in [6.45, 7) is 6.78. The number of halogens is 1. The van der Waals surface area contributed by atoms with Crippen molar-refractivity contribution in [2.45, 2.75) is 75.9 Å². The van der Waals surface area contributed by atoms with E-state index in [1.54, 1.807) is 19.9 Å². The summed E-state index contributed by atoms with van der Waals surface area (Å²) in [5.41, 5.74) is -4.01. The zero-order valence-corrected chi connectivity index (χ0v) is 21.6. The van der Waals surface area contributed by atoms with Gasteiger partial charge in [0.2, 0.25) is 0 Å². The minimum absolute atomic E-state index is 0.0134. The van der Waals surface area contributed by atoms with Crippen LogP contribution in [0.5, 0.6) is 0 Å². The van der Waals surface area contributed by atoms with Crippen LogP contribution < -0.4 is 0 Å². The molecule has 0 saturated heterocycles. The van der Waals surface area contributed by atoms with E-state index in [1.807, 2.05) is 30.3 Å². The van der Waals surface area contributed by atoms with Gasteiger partial charge in [-0.05, 0) is 55.2 Å². The summed E-state index contributed by atoms with van der Waals surface area (Å²) < 4.78 is 23.6. The fourth-order valence-electron chi connectivity index (χ4n) is 8.33. The maximum atomic E-state index is 17.4. The second-order valence-corrected chi connectivity index (χ2v) is 12.0. The molecule has 0 heterocycles. The van der Waals surface area contributed by atoms with Crippen molar-refractivity contribution in [1.82, 2.24) is 0 Å². The van der Waals surface area contributed by atoms with Crippen molar-refractivity contribution in [2.24, 2.45) is 22.7 Å². The van der Waals surface area contributed by atoms with Crippen LogP contribution in [-0.4, -0.2) is 63.6 Å². The van der Waals surface area contributed by atoms with Crippen LogP contribution in [0, 0.1) is 22.7 Å². The number of ketones is 2. The van der Waals surface area contributed by atoms with Gasteiger partial charge in [-0.1, -0.05) is 56.3 Å². The topological polar surface area (TPSA) is 104 Å². The molecule has 3 fully saturated rings. The summed E-state index contributed by atoms with van der Waals surface area (Å²) in [6.07, 6.45) is 0.668. The van der Waals surface area contributed by atoms with Crippen molar-refractivity contribution in [2.75, 3.05) is 13.2 Å². The monoisotopic (exact) mass is 512 g/mol. The fourth-order valence-corrected chi connectivity index (χ4v) is 8.33. The molecule has 37 heavy (non-hydrogen) atoms. The van der Waals surface area contributed by atoms with Crippen LogP contribution >= 0.6 is 0 Å². The number of alkyl halides is 1. The van der Waals surface area contributed by atoms with Crippen molar-refractivity contribution >= 4 is 17.1 Å². The summed E-state index contributed by atoms with van der Waals surface area (Å²) in [7, 11) is 0. The van der Waals surface area contributed by atoms with E-state index in [9.17, 15) is 24.9 Å². The Kier molecular flexibility index (Phi) is 6.38. The Balaban J connectivity index is 1.51. The average molecular weight is 513 g/mol. The second kappa shape index (κ2) is 8.94. The number of fused-ring (bicyclic) bond motifs is 5. The molecule has 8 atom stereocenters. The van der Waals surface area contributed by atoms with Gasteiger partial charge in [-0.3, -0.25) is 9.59 Å². The van der Waals surface area contributed by atoms with Gasteiger partial charge in [0, 0.05) is 23.2 Å². The first-order valence-electron chi connectivity index (χ1n) is 13.3. The lowest BCUT2D eigenvalue weighted by molar-refractivity contribution is -0.231. The number of carbonyl (C=O) groups is 2. The molecule has 1 unspecified atom stereocenters. The number of carbonyl (C=O) groups excluding carboxylic acids is 2. The predicted octanol–water partition coefficient (Wildman–Crippen LogP) is 3.58. The first-order valence-corrected chi connectivity index (χ1v) is 13.3. The fraction of sp³-hybridized carbons (Fsp3) is 0.600. The largest absolute Gasteiger partial charge is 0.390 e. The number of aliphatic hydroxyl groups excluding tert-OH is 2. The Morgan fingerprint density at radius 3 is 2.57 bits per heavy atom. The Morgan fingerprint density at radius 2 is 1.89 bits per heavy atom. The number of aliphatic hydroxyl groups is 3. The third kappa shape index (κ3) is 3.50. The van der Waals surface area contributed by atoms with Crippen LogP contribution in [0.15, 0.2) is 48.6 Å². The minimum Gasteiger partial charge on any atom is -0.390 e. The van der Waals surface area contributed by atoms with Gasteiger partial charge in [-0.2, -0.15) is 0 Å². The highest BCUT2D eigenvalue weighted by Crippen LogP contribution is 2.70. The molecule has 1 aromatic rings. The van der Waals surface area contributed by atoms with Crippen LogP contribution in [-0.2, 0) is 14.3 Å². The summed E-state index contributed by atoms with van der Waals surface area (Å²) in [5, 5.41) is 33.3. The van der Waals surface area contributed by atoms with E-state index in [-0.39, 0.29) is 31.7 Å². The van der Waals surface area contributed by atoms with E-state index < -0.39 is 58.5 Å². The van der Waals surface area contributed by atoms with Crippen LogP contribution in [0.25, 0.3) is 5.57 Å². The first-order chi connectivity index (χ1) is 17.4. The SMILES string of the molecule is C=C(CO[C@@H]1C[C@H]2[C@@H]3CCC4=CC(=O)CC[C@]4(C)C3(F)[C@@H](O)C[C@]2(C)[C@@]1(O)C(=O)CO)c1ccccc1. The molecule has 1 aromatic carbocycles. The predicted molar refractivity (Wildman–Crippen MR) is 136 cm³/mol. The zero-order chi connectivity index (χ0) is 26.8. The number of hydrogen-bond donors (Lipinski definition) is 3. The van der Waals surface area contributed by atoms with Gasteiger partial charge in [0.25, 0.3) is 0 Å². The molecule has 6 nitrogen and oxygen atoms in total. The molecule has 0 bridgehead atoms. The second-order valence-electron chi connectivity index (χ2n) is 12.0. The van der Waals surface area contributed by atoms with Crippen LogP contribution in [0.4, 0.5) is 4.39 Å². The summed E-state index contributed by atoms with van der Waals surface area (Å²) in [5.74, 6) is -1.90. The minimum atomic E-state index is -2.09. The highest BCUT2D eigenvalue weighted by atomic mass is 19.1. The smallest absolute Gasteiger partial charge is 0.192 e. The van der Waals surface area contributed by atoms with Crippen LogP contribution in [0.2, 0.25) is 0 Å². The van der Waals surface area contributed by atoms with Gasteiger partial charge in [-0.15, -0.1) is 0 Å². The Morgan fingerprint density at radius 1 is 1.19 bits per heavy atom.